The predicted octanol–water partition coefficient (Wildman–Crippen LogP) is 3.35. The predicted molar refractivity (Wildman–Crippen MR) is 84.9 cm³/mol. The quantitative estimate of drug-likeness (QED) is 0.835. The third-order valence-corrected chi connectivity index (χ3v) is 4.84. The van der Waals surface area contributed by atoms with Gasteiger partial charge in [0.1, 0.15) is 5.75 Å². The molecule has 0 spiro atoms. The molecule has 0 amide bonds. The standard InChI is InChI=1S/C18H27NO2/c1-3-19-16(18(20-2)13-8-9-13)12-14-10-11-21-17-7-5-4-6-15(14)17/h4-7,13-14,16,18-19H,3,8-12H2,1-2H3. The highest BCUT2D eigenvalue weighted by atomic mass is 16.5. The van der Waals surface area contributed by atoms with E-state index in [0.29, 0.717) is 18.1 Å². The Hall–Kier alpha value is -1.06. The normalized spacial score (nSPS) is 24.0. The van der Waals surface area contributed by atoms with Crippen LogP contribution < -0.4 is 10.1 Å². The van der Waals surface area contributed by atoms with Crippen LogP contribution in [0.3, 0.4) is 0 Å². The molecule has 3 atom stereocenters. The molecule has 1 aromatic carbocycles. The second-order valence-electron chi connectivity index (χ2n) is 6.31. The maximum Gasteiger partial charge on any atom is 0.122 e. The SMILES string of the molecule is CCNC(CC1CCOc2ccccc21)C(OC)C1CC1. The first kappa shape index (κ1) is 14.9. The Bertz CT molecular complexity index is 458. The van der Waals surface area contributed by atoms with E-state index in [1.165, 1.54) is 18.4 Å². The van der Waals surface area contributed by atoms with E-state index >= 15 is 0 Å². The Morgan fingerprint density at radius 2 is 2.10 bits per heavy atom. The summed E-state index contributed by atoms with van der Waals surface area (Å²) in [6, 6.07) is 8.95. The topological polar surface area (TPSA) is 30.5 Å². The first-order chi connectivity index (χ1) is 10.3. The minimum atomic E-state index is 0.361. The van der Waals surface area contributed by atoms with Crippen LogP contribution in [-0.2, 0) is 4.74 Å². The smallest absolute Gasteiger partial charge is 0.122 e. The minimum Gasteiger partial charge on any atom is -0.493 e. The van der Waals surface area contributed by atoms with E-state index in [1.54, 1.807) is 0 Å². The van der Waals surface area contributed by atoms with Gasteiger partial charge in [-0.05, 0) is 55.7 Å². The molecule has 116 valence electrons. The molecule has 1 N–H and O–H groups in total. The number of fused-ring (bicyclic) bond motifs is 1. The molecule has 1 fully saturated rings. The van der Waals surface area contributed by atoms with Crippen LogP contribution in [0.1, 0.15) is 44.1 Å². The van der Waals surface area contributed by atoms with Crippen LogP contribution in [0, 0.1) is 5.92 Å². The van der Waals surface area contributed by atoms with Gasteiger partial charge in [0.25, 0.3) is 0 Å². The number of para-hydroxylation sites is 1. The number of rotatable bonds is 7. The first-order valence-corrected chi connectivity index (χ1v) is 8.31. The summed E-state index contributed by atoms with van der Waals surface area (Å²) in [6.45, 7) is 4.02. The lowest BCUT2D eigenvalue weighted by Gasteiger charge is -2.33. The van der Waals surface area contributed by atoms with E-state index in [-0.39, 0.29) is 0 Å². The van der Waals surface area contributed by atoms with Crippen molar-refractivity contribution >= 4 is 0 Å². The van der Waals surface area contributed by atoms with E-state index in [1.807, 2.05) is 7.11 Å². The molecule has 0 bridgehead atoms. The number of methoxy groups -OCH3 is 1. The molecular formula is C18H27NO2. The van der Waals surface area contributed by atoms with Gasteiger partial charge < -0.3 is 14.8 Å². The van der Waals surface area contributed by atoms with E-state index in [9.17, 15) is 0 Å². The van der Waals surface area contributed by atoms with Crippen molar-refractivity contribution in [3.8, 4) is 5.75 Å². The Labute approximate surface area is 128 Å². The lowest BCUT2D eigenvalue weighted by atomic mass is 9.85. The van der Waals surface area contributed by atoms with E-state index in [4.69, 9.17) is 9.47 Å². The number of benzene rings is 1. The largest absolute Gasteiger partial charge is 0.493 e. The lowest BCUT2D eigenvalue weighted by molar-refractivity contribution is 0.0450. The highest BCUT2D eigenvalue weighted by molar-refractivity contribution is 5.37. The van der Waals surface area contributed by atoms with Crippen LogP contribution >= 0.6 is 0 Å². The molecule has 1 aliphatic heterocycles. The van der Waals surface area contributed by atoms with Gasteiger partial charge in [-0.2, -0.15) is 0 Å². The van der Waals surface area contributed by atoms with Gasteiger partial charge in [-0.15, -0.1) is 0 Å². The lowest BCUT2D eigenvalue weighted by Crippen LogP contribution is -2.43. The molecule has 21 heavy (non-hydrogen) atoms. The van der Waals surface area contributed by atoms with E-state index in [0.717, 1.165) is 37.7 Å². The Morgan fingerprint density at radius 1 is 1.29 bits per heavy atom. The Morgan fingerprint density at radius 3 is 2.81 bits per heavy atom. The number of likely N-dealkylation sites (N-methyl/N-ethyl adjacent to an activating group) is 1. The molecule has 0 radical (unpaired) electrons. The second kappa shape index (κ2) is 6.80. The zero-order chi connectivity index (χ0) is 14.7. The van der Waals surface area contributed by atoms with Crippen LogP contribution in [0.2, 0.25) is 0 Å². The summed E-state index contributed by atoms with van der Waals surface area (Å²) in [6.07, 6.45) is 5.26. The Balaban J connectivity index is 1.73. The highest BCUT2D eigenvalue weighted by Crippen LogP contribution is 2.40. The van der Waals surface area contributed by atoms with Gasteiger partial charge in [0.15, 0.2) is 0 Å². The van der Waals surface area contributed by atoms with Gasteiger partial charge >= 0.3 is 0 Å². The van der Waals surface area contributed by atoms with Gasteiger partial charge in [0.05, 0.1) is 12.7 Å². The van der Waals surface area contributed by atoms with E-state index < -0.39 is 0 Å². The van der Waals surface area contributed by atoms with Crippen molar-refractivity contribution in [2.75, 3.05) is 20.3 Å². The molecule has 3 rings (SSSR count). The fourth-order valence-corrected chi connectivity index (χ4v) is 3.67. The molecule has 3 unspecified atom stereocenters. The third kappa shape index (κ3) is 3.41. The summed E-state index contributed by atoms with van der Waals surface area (Å²) in [5.41, 5.74) is 1.37. The van der Waals surface area contributed by atoms with Crippen LogP contribution in [0.25, 0.3) is 0 Å². The molecule has 1 aliphatic carbocycles. The summed E-state index contributed by atoms with van der Waals surface area (Å²) in [5.74, 6) is 2.41. The van der Waals surface area contributed by atoms with Crippen LogP contribution in [-0.4, -0.2) is 32.4 Å². The van der Waals surface area contributed by atoms with Gasteiger partial charge in [0.2, 0.25) is 0 Å². The Kier molecular flexibility index (Phi) is 4.81. The first-order valence-electron chi connectivity index (χ1n) is 8.31. The minimum absolute atomic E-state index is 0.361. The molecule has 2 aliphatic rings. The maximum absolute atomic E-state index is 5.82. The third-order valence-electron chi connectivity index (χ3n) is 4.84. The molecular weight excluding hydrogens is 262 g/mol. The van der Waals surface area contributed by atoms with Gasteiger partial charge in [0, 0.05) is 13.2 Å². The van der Waals surface area contributed by atoms with Gasteiger partial charge in [-0.25, -0.2) is 0 Å². The molecule has 1 heterocycles. The summed E-state index contributed by atoms with van der Waals surface area (Å²) >= 11 is 0. The fourth-order valence-electron chi connectivity index (χ4n) is 3.67. The van der Waals surface area contributed by atoms with Crippen molar-refractivity contribution in [2.24, 2.45) is 5.92 Å². The zero-order valence-electron chi connectivity index (χ0n) is 13.2. The van der Waals surface area contributed by atoms with Gasteiger partial charge in [-0.1, -0.05) is 25.1 Å². The zero-order valence-corrected chi connectivity index (χ0v) is 13.2. The van der Waals surface area contributed by atoms with E-state index in [2.05, 4.69) is 36.5 Å². The molecule has 1 aromatic rings. The van der Waals surface area contributed by atoms with Crippen molar-refractivity contribution in [2.45, 2.75) is 50.7 Å². The summed E-state index contributed by atoms with van der Waals surface area (Å²) in [7, 11) is 1.87. The van der Waals surface area contributed by atoms with Crippen molar-refractivity contribution < 1.29 is 9.47 Å². The average molecular weight is 289 g/mol. The second-order valence-corrected chi connectivity index (χ2v) is 6.31. The maximum atomic E-state index is 5.82. The number of hydrogen-bond donors (Lipinski definition) is 1. The summed E-state index contributed by atoms with van der Waals surface area (Å²) < 4.78 is 11.6. The van der Waals surface area contributed by atoms with Crippen molar-refractivity contribution in [1.82, 2.24) is 5.32 Å². The van der Waals surface area contributed by atoms with Gasteiger partial charge in [-0.3, -0.25) is 0 Å². The molecule has 3 nitrogen and oxygen atoms in total. The molecule has 0 saturated heterocycles. The van der Waals surface area contributed by atoms with Crippen molar-refractivity contribution in [1.29, 1.82) is 0 Å². The molecule has 3 heteroatoms. The number of ether oxygens (including phenoxy) is 2. The number of hydrogen-bond acceptors (Lipinski definition) is 3. The monoisotopic (exact) mass is 289 g/mol. The highest BCUT2D eigenvalue weighted by Gasteiger charge is 2.38. The molecule has 1 saturated carbocycles. The summed E-state index contributed by atoms with van der Waals surface area (Å²) in [4.78, 5) is 0. The fraction of sp³-hybridized carbons (Fsp3) is 0.667. The number of nitrogens with one attached hydrogen (secondary N) is 1. The average Bonchev–Trinajstić information content (AvgIpc) is 3.33. The van der Waals surface area contributed by atoms with Crippen LogP contribution in [0.15, 0.2) is 24.3 Å². The van der Waals surface area contributed by atoms with Crippen molar-refractivity contribution in [3.05, 3.63) is 29.8 Å². The van der Waals surface area contributed by atoms with Crippen LogP contribution in [0.4, 0.5) is 0 Å². The summed E-state index contributed by atoms with van der Waals surface area (Å²) in [5, 5.41) is 3.67. The van der Waals surface area contributed by atoms with Crippen LogP contribution in [0.5, 0.6) is 5.75 Å². The molecule has 0 aromatic heterocycles. The van der Waals surface area contributed by atoms with Crippen molar-refractivity contribution in [3.63, 3.8) is 0 Å².